The van der Waals surface area contributed by atoms with Crippen molar-refractivity contribution in [3.05, 3.63) is 102 Å². The zero-order valence-corrected chi connectivity index (χ0v) is 18.7. The molecule has 0 saturated heterocycles. The first kappa shape index (κ1) is 21.3. The number of allylic oxidation sites excluding steroid dienone is 3. The first-order chi connectivity index (χ1) is 16.5. The summed E-state index contributed by atoms with van der Waals surface area (Å²) in [6.45, 7) is 2.07. The number of hydrogen-bond donors (Lipinski definition) is 2. The van der Waals surface area contributed by atoms with Crippen LogP contribution in [0.1, 0.15) is 23.7 Å². The maximum atomic E-state index is 13.1. The molecule has 0 unspecified atom stereocenters. The predicted molar refractivity (Wildman–Crippen MR) is 132 cm³/mol. The molecule has 0 saturated carbocycles. The molecule has 1 aliphatic carbocycles. The minimum absolute atomic E-state index is 0.0413. The largest absolute Gasteiger partial charge is 0.326 e. The summed E-state index contributed by atoms with van der Waals surface area (Å²) in [6.07, 6.45) is 10.7. The topological polar surface area (TPSA) is 87.2 Å². The molecule has 0 atom stereocenters. The van der Waals surface area contributed by atoms with Gasteiger partial charge in [-0.3, -0.25) is 9.59 Å². The van der Waals surface area contributed by atoms with Gasteiger partial charge in [0.15, 0.2) is 0 Å². The molecule has 5 rings (SSSR count). The van der Waals surface area contributed by atoms with Crippen molar-refractivity contribution in [1.29, 1.82) is 0 Å². The van der Waals surface area contributed by atoms with E-state index in [2.05, 4.69) is 32.8 Å². The molecule has 2 aliphatic rings. The molecular weight excluding hydrogens is 426 g/mol. The number of nitrogens with one attached hydrogen (secondary N) is 2. The Balaban J connectivity index is 1.31. The van der Waals surface area contributed by atoms with Crippen LogP contribution in [0, 0.1) is 0 Å². The van der Waals surface area contributed by atoms with Crippen LogP contribution in [0.4, 0.5) is 17.3 Å². The fourth-order valence-corrected chi connectivity index (χ4v) is 3.99. The van der Waals surface area contributed by atoms with Crippen LogP contribution in [0.3, 0.4) is 0 Å². The molecule has 168 valence electrons. The molecule has 1 aromatic heterocycles. The van der Waals surface area contributed by atoms with E-state index in [4.69, 9.17) is 0 Å². The molecule has 3 aromatic rings. The van der Waals surface area contributed by atoms with E-state index in [0.29, 0.717) is 18.1 Å². The molecule has 7 nitrogen and oxygen atoms in total. The fourth-order valence-electron chi connectivity index (χ4n) is 3.99. The number of amides is 2. The summed E-state index contributed by atoms with van der Waals surface area (Å²) >= 11 is 0. The molecule has 2 aromatic carbocycles. The van der Waals surface area contributed by atoms with Gasteiger partial charge in [-0.05, 0) is 54.0 Å². The van der Waals surface area contributed by atoms with E-state index in [0.717, 1.165) is 29.1 Å². The van der Waals surface area contributed by atoms with Crippen molar-refractivity contribution in [3.63, 3.8) is 0 Å². The average Bonchev–Trinajstić information content (AvgIpc) is 3.28. The number of rotatable bonds is 5. The third-order valence-corrected chi connectivity index (χ3v) is 5.62. The van der Waals surface area contributed by atoms with Gasteiger partial charge in [-0.15, -0.1) is 0 Å². The molecule has 2 N–H and O–H groups in total. The Morgan fingerprint density at radius 1 is 1.00 bits per heavy atom. The minimum atomic E-state index is -0.115. The van der Waals surface area contributed by atoms with Gasteiger partial charge < -0.3 is 15.5 Å². The Bertz CT molecular complexity index is 1360. The number of fused-ring (bicyclic) bond motifs is 1. The zero-order valence-electron chi connectivity index (χ0n) is 18.7. The summed E-state index contributed by atoms with van der Waals surface area (Å²) in [6, 6.07) is 16.6. The van der Waals surface area contributed by atoms with Gasteiger partial charge in [0.2, 0.25) is 11.9 Å². The van der Waals surface area contributed by atoms with E-state index >= 15 is 0 Å². The van der Waals surface area contributed by atoms with Crippen molar-refractivity contribution in [1.82, 2.24) is 14.9 Å². The van der Waals surface area contributed by atoms with Gasteiger partial charge in [-0.1, -0.05) is 36.4 Å². The molecule has 2 amide bonds. The quantitative estimate of drug-likeness (QED) is 0.568. The van der Waals surface area contributed by atoms with Gasteiger partial charge in [0.1, 0.15) is 0 Å². The van der Waals surface area contributed by atoms with Gasteiger partial charge in [0.05, 0.1) is 12.2 Å². The number of anilines is 3. The van der Waals surface area contributed by atoms with Gasteiger partial charge in [-0.25, -0.2) is 9.97 Å². The van der Waals surface area contributed by atoms with Crippen molar-refractivity contribution in [2.24, 2.45) is 0 Å². The van der Waals surface area contributed by atoms with E-state index in [1.807, 2.05) is 66.9 Å². The SMILES string of the molecule is CC(=O)Nc1ccc(-c2ccnc(Nc3cccc(C(=O)N4C=C5CC=CC=C5C4)c3)n2)cc1. The number of carbonyl (C=O) groups excluding carboxylic acids is 2. The van der Waals surface area contributed by atoms with Crippen LogP contribution in [-0.2, 0) is 4.79 Å². The molecule has 0 bridgehead atoms. The summed E-state index contributed by atoms with van der Waals surface area (Å²) in [5.74, 6) is 0.273. The van der Waals surface area contributed by atoms with Gasteiger partial charge in [-0.2, -0.15) is 0 Å². The van der Waals surface area contributed by atoms with Crippen LogP contribution in [0.25, 0.3) is 11.3 Å². The number of benzene rings is 2. The molecule has 7 heteroatoms. The zero-order chi connectivity index (χ0) is 23.5. The maximum absolute atomic E-state index is 13.1. The van der Waals surface area contributed by atoms with E-state index in [1.54, 1.807) is 11.1 Å². The van der Waals surface area contributed by atoms with E-state index < -0.39 is 0 Å². The second-order valence-corrected chi connectivity index (χ2v) is 8.14. The second-order valence-electron chi connectivity index (χ2n) is 8.14. The minimum Gasteiger partial charge on any atom is -0.326 e. The Morgan fingerprint density at radius 2 is 1.85 bits per heavy atom. The highest BCUT2D eigenvalue weighted by molar-refractivity contribution is 5.96. The summed E-state index contributed by atoms with van der Waals surface area (Å²) < 4.78 is 0. The van der Waals surface area contributed by atoms with Crippen LogP contribution in [-0.4, -0.2) is 33.2 Å². The van der Waals surface area contributed by atoms with Crippen LogP contribution < -0.4 is 10.6 Å². The van der Waals surface area contributed by atoms with Crippen LogP contribution in [0.15, 0.2) is 96.4 Å². The molecule has 1 aliphatic heterocycles. The Morgan fingerprint density at radius 3 is 2.65 bits per heavy atom. The van der Waals surface area contributed by atoms with Gasteiger partial charge in [0, 0.05) is 41.8 Å². The smallest absolute Gasteiger partial charge is 0.258 e. The highest BCUT2D eigenvalue weighted by atomic mass is 16.2. The lowest BCUT2D eigenvalue weighted by Crippen LogP contribution is -2.24. The Labute approximate surface area is 197 Å². The van der Waals surface area contributed by atoms with Crippen LogP contribution in [0.5, 0.6) is 0 Å². The molecule has 0 spiro atoms. The normalized spacial score (nSPS) is 14.2. The first-order valence-electron chi connectivity index (χ1n) is 11.0. The molecule has 2 heterocycles. The number of nitrogens with zero attached hydrogens (tertiary/aromatic N) is 3. The maximum Gasteiger partial charge on any atom is 0.258 e. The van der Waals surface area contributed by atoms with E-state index in [9.17, 15) is 9.59 Å². The monoisotopic (exact) mass is 449 g/mol. The first-order valence-corrected chi connectivity index (χ1v) is 11.0. The van der Waals surface area contributed by atoms with Gasteiger partial charge in [0.25, 0.3) is 5.91 Å². The number of carbonyl (C=O) groups is 2. The van der Waals surface area contributed by atoms with Crippen molar-refractivity contribution >= 4 is 29.1 Å². The Hall–Kier alpha value is -4.52. The highest BCUT2D eigenvalue weighted by Gasteiger charge is 2.24. The van der Waals surface area contributed by atoms with Crippen molar-refractivity contribution in [2.45, 2.75) is 13.3 Å². The Kier molecular flexibility index (Phi) is 5.74. The summed E-state index contributed by atoms with van der Waals surface area (Å²) in [5.41, 5.74) is 6.09. The van der Waals surface area contributed by atoms with Crippen molar-refractivity contribution in [2.75, 3.05) is 17.2 Å². The summed E-state index contributed by atoms with van der Waals surface area (Å²) in [4.78, 5) is 35.0. The van der Waals surface area contributed by atoms with E-state index in [1.165, 1.54) is 18.1 Å². The molecule has 0 fully saturated rings. The van der Waals surface area contributed by atoms with Gasteiger partial charge >= 0.3 is 0 Å². The predicted octanol–water partition coefficient (Wildman–Crippen LogP) is 5.07. The summed E-state index contributed by atoms with van der Waals surface area (Å²) in [5, 5.41) is 5.95. The lowest BCUT2D eigenvalue weighted by molar-refractivity contribution is -0.114. The van der Waals surface area contributed by atoms with Crippen molar-refractivity contribution < 1.29 is 9.59 Å². The fraction of sp³-hybridized carbons (Fsp3) is 0.111. The highest BCUT2D eigenvalue weighted by Crippen LogP contribution is 2.29. The third-order valence-electron chi connectivity index (χ3n) is 5.62. The molecule has 0 radical (unpaired) electrons. The number of hydrogen-bond acceptors (Lipinski definition) is 5. The lowest BCUT2D eigenvalue weighted by atomic mass is 10.0. The van der Waals surface area contributed by atoms with Crippen molar-refractivity contribution in [3.8, 4) is 11.3 Å². The number of aromatic nitrogens is 2. The standard InChI is InChI=1S/C27H23N5O2/c1-18(33)29-23-11-9-19(10-12-23)25-13-14-28-27(31-25)30-24-8-4-7-20(15-24)26(34)32-16-21-5-2-3-6-22(21)17-32/h2-5,7-15,17H,6,16H2,1H3,(H,29,33)(H,28,30,31). The third kappa shape index (κ3) is 4.63. The second kappa shape index (κ2) is 9.15. The average molecular weight is 450 g/mol. The molecular formula is C27H23N5O2. The van der Waals surface area contributed by atoms with Crippen LogP contribution >= 0.6 is 0 Å². The summed E-state index contributed by atoms with van der Waals surface area (Å²) in [7, 11) is 0. The van der Waals surface area contributed by atoms with Crippen LogP contribution in [0.2, 0.25) is 0 Å². The molecule has 34 heavy (non-hydrogen) atoms. The lowest BCUT2D eigenvalue weighted by Gasteiger charge is -2.14. The van der Waals surface area contributed by atoms with E-state index in [-0.39, 0.29) is 11.8 Å².